The minimum atomic E-state index is 0. The van der Waals surface area contributed by atoms with Crippen LogP contribution in [-0.4, -0.2) is 14.9 Å². The van der Waals surface area contributed by atoms with Crippen LogP contribution in [0.4, 0.5) is 0 Å². The summed E-state index contributed by atoms with van der Waals surface area (Å²) in [5.41, 5.74) is 9.54. The van der Waals surface area contributed by atoms with Gasteiger partial charge in [-0.3, -0.25) is 5.41 Å². The van der Waals surface area contributed by atoms with E-state index in [4.69, 9.17) is 16.2 Å². The Kier molecular flexibility index (Phi) is 5.84. The zero-order valence-corrected chi connectivity index (χ0v) is 14.0. The van der Waals surface area contributed by atoms with Crippen molar-refractivity contribution in [1.29, 1.82) is 5.41 Å². The number of amidine groups is 1. The molecule has 0 aliphatic carbocycles. The van der Waals surface area contributed by atoms with E-state index in [2.05, 4.69) is 0 Å². The fourth-order valence-corrected chi connectivity index (χ4v) is 2.75. The van der Waals surface area contributed by atoms with Gasteiger partial charge in [0.2, 0.25) is 0 Å². The Labute approximate surface area is 145 Å². The molecule has 0 aliphatic rings. The first kappa shape index (κ1) is 17.1. The maximum absolute atomic E-state index is 7.40. The van der Waals surface area contributed by atoms with Crippen LogP contribution in [0.5, 0.6) is 0 Å². The normalized spacial score (nSPS) is 10.1. The van der Waals surface area contributed by atoms with E-state index < -0.39 is 0 Å². The molecule has 2 aromatic carbocycles. The second-order valence-electron chi connectivity index (χ2n) is 4.80. The van der Waals surface area contributed by atoms with Crippen LogP contribution in [0.3, 0.4) is 0 Å². The van der Waals surface area contributed by atoms with Crippen molar-refractivity contribution in [2.45, 2.75) is 5.75 Å². The first-order valence-corrected chi connectivity index (χ1v) is 7.89. The Morgan fingerprint density at radius 1 is 1.04 bits per heavy atom. The minimum absolute atomic E-state index is 0. The SMILES string of the molecule is Cl.N=C(N)SCc1cn(-c2ccccc2)nc1-c1ccccc1. The largest absolute Gasteiger partial charge is 0.379 e. The summed E-state index contributed by atoms with van der Waals surface area (Å²) in [6.45, 7) is 0. The molecule has 1 aromatic heterocycles. The summed E-state index contributed by atoms with van der Waals surface area (Å²) >= 11 is 1.31. The Bertz CT molecular complexity index is 772. The van der Waals surface area contributed by atoms with Gasteiger partial charge in [-0.25, -0.2) is 4.68 Å². The van der Waals surface area contributed by atoms with Gasteiger partial charge in [0.05, 0.1) is 11.4 Å². The van der Waals surface area contributed by atoms with Crippen molar-refractivity contribution >= 4 is 29.3 Å². The second kappa shape index (κ2) is 7.85. The third-order valence-electron chi connectivity index (χ3n) is 3.24. The molecule has 0 radical (unpaired) electrons. The smallest absolute Gasteiger partial charge is 0.151 e. The van der Waals surface area contributed by atoms with Gasteiger partial charge in [-0.05, 0) is 12.1 Å². The van der Waals surface area contributed by atoms with Crippen LogP contribution >= 0.6 is 24.2 Å². The fraction of sp³-hybridized carbons (Fsp3) is 0.0588. The van der Waals surface area contributed by atoms with Gasteiger partial charge in [0.1, 0.15) is 0 Å². The number of para-hydroxylation sites is 1. The van der Waals surface area contributed by atoms with E-state index in [0.717, 1.165) is 22.5 Å². The van der Waals surface area contributed by atoms with Crippen LogP contribution in [0.25, 0.3) is 16.9 Å². The zero-order valence-electron chi connectivity index (χ0n) is 12.3. The molecule has 0 aliphatic heterocycles. The van der Waals surface area contributed by atoms with Gasteiger partial charge in [0, 0.05) is 23.1 Å². The highest BCUT2D eigenvalue weighted by molar-refractivity contribution is 8.13. The highest BCUT2D eigenvalue weighted by Gasteiger charge is 2.12. The van der Waals surface area contributed by atoms with Crippen molar-refractivity contribution in [3.8, 4) is 16.9 Å². The lowest BCUT2D eigenvalue weighted by Crippen LogP contribution is -2.03. The molecule has 0 bridgehead atoms. The van der Waals surface area contributed by atoms with Gasteiger partial charge in [0.25, 0.3) is 0 Å². The Balaban J connectivity index is 0.00000192. The van der Waals surface area contributed by atoms with Gasteiger partial charge in [-0.15, -0.1) is 12.4 Å². The minimum Gasteiger partial charge on any atom is -0.379 e. The van der Waals surface area contributed by atoms with Crippen LogP contribution in [0.2, 0.25) is 0 Å². The first-order chi connectivity index (χ1) is 10.7. The number of nitrogens with one attached hydrogen (secondary N) is 1. The summed E-state index contributed by atoms with van der Waals surface area (Å²) in [5, 5.41) is 12.2. The molecule has 0 saturated carbocycles. The predicted octanol–water partition coefficient (Wildman–Crippen LogP) is 4.09. The summed E-state index contributed by atoms with van der Waals surface area (Å²) in [5.74, 6) is 0.631. The summed E-state index contributed by atoms with van der Waals surface area (Å²) in [6, 6.07) is 20.1. The van der Waals surface area contributed by atoms with Crippen molar-refractivity contribution in [3.05, 3.63) is 72.4 Å². The maximum Gasteiger partial charge on any atom is 0.151 e. The van der Waals surface area contributed by atoms with E-state index in [-0.39, 0.29) is 17.6 Å². The van der Waals surface area contributed by atoms with Crippen molar-refractivity contribution in [3.63, 3.8) is 0 Å². The van der Waals surface area contributed by atoms with Crippen molar-refractivity contribution in [2.24, 2.45) is 5.73 Å². The molecule has 118 valence electrons. The lowest BCUT2D eigenvalue weighted by molar-refractivity contribution is 0.884. The van der Waals surface area contributed by atoms with E-state index in [1.807, 2.05) is 71.5 Å². The van der Waals surface area contributed by atoms with Gasteiger partial charge in [-0.2, -0.15) is 5.10 Å². The molecule has 3 aromatic rings. The van der Waals surface area contributed by atoms with Crippen LogP contribution in [0.15, 0.2) is 66.9 Å². The van der Waals surface area contributed by atoms with E-state index in [1.54, 1.807) is 0 Å². The van der Waals surface area contributed by atoms with Crippen LogP contribution in [0, 0.1) is 5.41 Å². The van der Waals surface area contributed by atoms with Crippen molar-refractivity contribution in [2.75, 3.05) is 0 Å². The van der Waals surface area contributed by atoms with Gasteiger partial charge < -0.3 is 5.73 Å². The molecular formula is C17H17ClN4S. The molecule has 0 spiro atoms. The quantitative estimate of drug-likeness (QED) is 0.553. The lowest BCUT2D eigenvalue weighted by atomic mass is 10.1. The number of hydrogen-bond donors (Lipinski definition) is 2. The number of benzene rings is 2. The predicted molar refractivity (Wildman–Crippen MR) is 99.5 cm³/mol. The summed E-state index contributed by atoms with van der Waals surface area (Å²) in [7, 11) is 0. The van der Waals surface area contributed by atoms with E-state index in [1.165, 1.54) is 11.8 Å². The molecule has 4 nitrogen and oxygen atoms in total. The highest BCUT2D eigenvalue weighted by atomic mass is 35.5. The molecule has 23 heavy (non-hydrogen) atoms. The fourth-order valence-electron chi connectivity index (χ4n) is 2.22. The zero-order chi connectivity index (χ0) is 15.4. The average Bonchev–Trinajstić information content (AvgIpc) is 2.99. The molecule has 3 rings (SSSR count). The third-order valence-corrected chi connectivity index (χ3v) is 4.01. The topological polar surface area (TPSA) is 67.7 Å². The average molecular weight is 345 g/mol. The van der Waals surface area contributed by atoms with Gasteiger partial charge >= 0.3 is 0 Å². The number of halogens is 1. The Morgan fingerprint density at radius 3 is 2.26 bits per heavy atom. The Morgan fingerprint density at radius 2 is 1.65 bits per heavy atom. The van der Waals surface area contributed by atoms with E-state index in [0.29, 0.717) is 5.75 Å². The Hall–Kier alpha value is -2.24. The molecule has 3 N–H and O–H groups in total. The molecule has 1 heterocycles. The number of thioether (sulfide) groups is 1. The highest BCUT2D eigenvalue weighted by Crippen LogP contribution is 2.26. The molecule has 6 heteroatoms. The second-order valence-corrected chi connectivity index (χ2v) is 5.82. The van der Waals surface area contributed by atoms with E-state index >= 15 is 0 Å². The molecule has 0 unspecified atom stereocenters. The number of rotatable bonds is 4. The van der Waals surface area contributed by atoms with E-state index in [9.17, 15) is 0 Å². The molecule has 0 amide bonds. The monoisotopic (exact) mass is 344 g/mol. The van der Waals surface area contributed by atoms with Gasteiger partial charge in [0.15, 0.2) is 5.17 Å². The molecule has 0 fully saturated rings. The number of nitrogens with two attached hydrogens (primary N) is 1. The van der Waals surface area contributed by atoms with Crippen LogP contribution in [-0.2, 0) is 5.75 Å². The summed E-state index contributed by atoms with van der Waals surface area (Å²) in [6.07, 6.45) is 2.01. The standard InChI is InChI=1S/C17H16N4S.ClH/c18-17(19)22-12-14-11-21(15-9-5-2-6-10-15)20-16(14)13-7-3-1-4-8-13;/h1-11H,12H2,(H3,18,19);1H. The molecule has 0 saturated heterocycles. The van der Waals surface area contributed by atoms with Crippen LogP contribution in [0.1, 0.15) is 5.56 Å². The molecule has 0 atom stereocenters. The number of nitrogens with zero attached hydrogens (tertiary/aromatic N) is 2. The maximum atomic E-state index is 7.40. The van der Waals surface area contributed by atoms with Crippen molar-refractivity contribution in [1.82, 2.24) is 9.78 Å². The molecular weight excluding hydrogens is 328 g/mol. The first-order valence-electron chi connectivity index (χ1n) is 6.90. The van der Waals surface area contributed by atoms with Crippen molar-refractivity contribution < 1.29 is 0 Å². The number of hydrogen-bond acceptors (Lipinski definition) is 3. The summed E-state index contributed by atoms with van der Waals surface area (Å²) in [4.78, 5) is 0. The third kappa shape index (κ3) is 4.15. The summed E-state index contributed by atoms with van der Waals surface area (Å²) < 4.78 is 1.87. The number of aromatic nitrogens is 2. The van der Waals surface area contributed by atoms with Gasteiger partial charge in [-0.1, -0.05) is 60.3 Å². The lowest BCUT2D eigenvalue weighted by Gasteiger charge is -2.01. The van der Waals surface area contributed by atoms with Crippen LogP contribution < -0.4 is 5.73 Å².